The Morgan fingerprint density at radius 1 is 1.32 bits per heavy atom. The van der Waals surface area contributed by atoms with E-state index in [-0.39, 0.29) is 21.8 Å². The van der Waals surface area contributed by atoms with E-state index in [2.05, 4.69) is 4.72 Å². The molecule has 3 aliphatic rings. The average molecular weight is 278 g/mol. The topological polar surface area (TPSA) is 72.2 Å². The van der Waals surface area contributed by atoms with Crippen LogP contribution >= 0.6 is 0 Å². The van der Waals surface area contributed by atoms with Gasteiger partial charge in [0, 0.05) is 18.1 Å². The van der Waals surface area contributed by atoms with Gasteiger partial charge >= 0.3 is 0 Å². The van der Waals surface area contributed by atoms with Crippen LogP contribution in [0, 0.1) is 22.0 Å². The van der Waals surface area contributed by atoms with Gasteiger partial charge in [0.2, 0.25) is 0 Å². The number of nitro groups is 1. The quantitative estimate of drug-likeness (QED) is 0.634. The van der Waals surface area contributed by atoms with Crippen molar-refractivity contribution in [1.82, 2.24) is 0 Å². The van der Waals surface area contributed by atoms with E-state index in [4.69, 9.17) is 0 Å². The van der Waals surface area contributed by atoms with E-state index in [0.29, 0.717) is 11.8 Å². The van der Waals surface area contributed by atoms with Gasteiger partial charge in [0.05, 0.1) is 15.9 Å². The molecule has 2 fully saturated rings. The van der Waals surface area contributed by atoms with E-state index in [1.54, 1.807) is 12.1 Å². The molecule has 100 valence electrons. The molecule has 4 rings (SSSR count). The maximum absolute atomic E-state index is 12.3. The minimum atomic E-state index is -1.04. The standard InChI is InChI=1S/C13H14N2O3S/c16-15(17)9-3-4-11-10(6-9)12-7-1-2-8(5-7)13(12)19(18)14-11/h3-4,6-8,12-14H,1-2,5H2/t7-,8-,12+,13+,19+/m1/s1. The summed E-state index contributed by atoms with van der Waals surface area (Å²) >= 11 is 0. The van der Waals surface area contributed by atoms with Crippen LogP contribution in [0.4, 0.5) is 11.4 Å². The largest absolute Gasteiger partial charge is 0.305 e. The summed E-state index contributed by atoms with van der Waals surface area (Å²) in [5.74, 6) is 1.33. The number of rotatable bonds is 1. The van der Waals surface area contributed by atoms with Gasteiger partial charge < -0.3 is 4.72 Å². The first-order valence-electron chi connectivity index (χ1n) is 6.60. The smallest absolute Gasteiger partial charge is 0.269 e. The van der Waals surface area contributed by atoms with Crippen molar-refractivity contribution in [3.05, 3.63) is 33.9 Å². The lowest BCUT2D eigenvalue weighted by Crippen LogP contribution is -2.37. The molecule has 5 atom stereocenters. The van der Waals surface area contributed by atoms with Crippen molar-refractivity contribution in [2.24, 2.45) is 11.8 Å². The Balaban J connectivity index is 1.85. The Morgan fingerprint density at radius 2 is 2.11 bits per heavy atom. The Labute approximate surface area is 113 Å². The minimum Gasteiger partial charge on any atom is -0.305 e. The van der Waals surface area contributed by atoms with Gasteiger partial charge in [0.15, 0.2) is 0 Å². The van der Waals surface area contributed by atoms with Crippen molar-refractivity contribution in [2.75, 3.05) is 4.72 Å². The summed E-state index contributed by atoms with van der Waals surface area (Å²) in [6.45, 7) is 0. The third-order valence-corrected chi connectivity index (χ3v) is 6.50. The molecule has 2 bridgehead atoms. The van der Waals surface area contributed by atoms with Crippen LogP contribution < -0.4 is 4.72 Å². The van der Waals surface area contributed by atoms with Gasteiger partial charge in [-0.1, -0.05) is 0 Å². The van der Waals surface area contributed by atoms with Gasteiger partial charge in [-0.25, -0.2) is 4.21 Å². The first-order chi connectivity index (χ1) is 9.15. The average Bonchev–Trinajstić information content (AvgIpc) is 2.99. The minimum absolute atomic E-state index is 0.134. The van der Waals surface area contributed by atoms with Crippen LogP contribution in [0.5, 0.6) is 0 Å². The summed E-state index contributed by atoms with van der Waals surface area (Å²) in [7, 11) is -1.04. The summed E-state index contributed by atoms with van der Waals surface area (Å²) in [5.41, 5.74) is 1.96. The van der Waals surface area contributed by atoms with Crippen LogP contribution in [0.25, 0.3) is 0 Å². The van der Waals surface area contributed by atoms with Crippen molar-refractivity contribution < 1.29 is 9.13 Å². The lowest BCUT2D eigenvalue weighted by Gasteiger charge is -2.36. The number of hydrogen-bond donors (Lipinski definition) is 1. The number of benzene rings is 1. The molecule has 1 N–H and O–H groups in total. The molecule has 0 unspecified atom stereocenters. The molecule has 2 saturated carbocycles. The molecule has 0 spiro atoms. The number of hydrogen-bond acceptors (Lipinski definition) is 3. The zero-order valence-electron chi connectivity index (χ0n) is 10.2. The molecule has 0 aromatic heterocycles. The van der Waals surface area contributed by atoms with Crippen molar-refractivity contribution in [2.45, 2.75) is 30.4 Å². The summed E-state index contributed by atoms with van der Waals surface area (Å²) in [6.07, 6.45) is 3.46. The molecule has 0 amide bonds. The first kappa shape index (κ1) is 11.4. The Hall–Kier alpha value is -1.43. The van der Waals surface area contributed by atoms with Crippen LogP contribution in [0.15, 0.2) is 18.2 Å². The lowest BCUT2D eigenvalue weighted by atomic mass is 9.82. The maximum Gasteiger partial charge on any atom is 0.269 e. The van der Waals surface area contributed by atoms with E-state index in [1.807, 2.05) is 0 Å². The molecule has 1 aromatic carbocycles. The highest BCUT2D eigenvalue weighted by molar-refractivity contribution is 7.87. The predicted octanol–water partition coefficient (Wildman–Crippen LogP) is 2.57. The second-order valence-electron chi connectivity index (χ2n) is 5.75. The van der Waals surface area contributed by atoms with Gasteiger partial charge in [-0.3, -0.25) is 10.1 Å². The van der Waals surface area contributed by atoms with E-state index in [0.717, 1.165) is 24.1 Å². The number of anilines is 1. The normalized spacial score (nSPS) is 38.4. The maximum atomic E-state index is 12.3. The molecule has 2 aliphatic carbocycles. The van der Waals surface area contributed by atoms with E-state index in [9.17, 15) is 14.3 Å². The third kappa shape index (κ3) is 1.49. The first-order valence-corrected chi connectivity index (χ1v) is 7.82. The number of nitro benzene ring substituents is 1. The number of fused-ring (bicyclic) bond motifs is 7. The summed E-state index contributed by atoms with van der Waals surface area (Å²) < 4.78 is 15.3. The molecule has 6 heteroatoms. The fourth-order valence-electron chi connectivity index (χ4n) is 4.19. The number of nitrogens with one attached hydrogen (secondary N) is 1. The molecule has 1 aliphatic heterocycles. The zero-order valence-corrected chi connectivity index (χ0v) is 11.1. The van der Waals surface area contributed by atoms with Crippen LogP contribution in [0.1, 0.15) is 30.7 Å². The van der Waals surface area contributed by atoms with Gasteiger partial charge in [-0.05, 0) is 42.7 Å². The summed E-state index contributed by atoms with van der Waals surface area (Å²) in [4.78, 5) is 10.6. The highest BCUT2D eigenvalue weighted by atomic mass is 32.2. The zero-order chi connectivity index (χ0) is 13.1. The lowest BCUT2D eigenvalue weighted by molar-refractivity contribution is -0.384. The number of non-ortho nitro benzene ring substituents is 1. The monoisotopic (exact) mass is 278 g/mol. The summed E-state index contributed by atoms with van der Waals surface area (Å²) in [6, 6.07) is 4.86. The van der Waals surface area contributed by atoms with Crippen LogP contribution in [0.3, 0.4) is 0 Å². The third-order valence-electron chi connectivity index (χ3n) is 4.90. The molecule has 0 radical (unpaired) electrons. The SMILES string of the molecule is O=[N+]([O-])c1ccc2c(c1)[C@@H]1[C@@H]3CC[C@H](C3)[C@@H]1[S@](=O)N2. The van der Waals surface area contributed by atoms with Crippen LogP contribution in [0.2, 0.25) is 0 Å². The summed E-state index contributed by atoms with van der Waals surface area (Å²) in [5, 5.41) is 11.1. The van der Waals surface area contributed by atoms with Gasteiger partial charge in [-0.15, -0.1) is 0 Å². The Bertz CT molecular complexity index is 604. The van der Waals surface area contributed by atoms with Crippen molar-refractivity contribution in [3.63, 3.8) is 0 Å². The molecule has 0 saturated heterocycles. The van der Waals surface area contributed by atoms with E-state index < -0.39 is 11.0 Å². The fraction of sp³-hybridized carbons (Fsp3) is 0.538. The van der Waals surface area contributed by atoms with Crippen LogP contribution in [-0.2, 0) is 11.0 Å². The van der Waals surface area contributed by atoms with Crippen molar-refractivity contribution >= 4 is 22.4 Å². The van der Waals surface area contributed by atoms with Crippen molar-refractivity contribution in [3.8, 4) is 0 Å². The molecular formula is C13H14N2O3S. The molecular weight excluding hydrogens is 264 g/mol. The predicted molar refractivity (Wildman–Crippen MR) is 72.2 cm³/mol. The Kier molecular flexibility index (Phi) is 2.27. The molecule has 1 heterocycles. The fourth-order valence-corrected chi connectivity index (χ4v) is 5.96. The second kappa shape index (κ2) is 3.79. The highest BCUT2D eigenvalue weighted by Gasteiger charge is 2.53. The molecule has 1 aromatic rings. The Morgan fingerprint density at radius 3 is 2.89 bits per heavy atom. The van der Waals surface area contributed by atoms with Crippen LogP contribution in [-0.4, -0.2) is 14.4 Å². The highest BCUT2D eigenvalue weighted by Crippen LogP contribution is 2.58. The van der Waals surface area contributed by atoms with Gasteiger partial charge in [0.25, 0.3) is 5.69 Å². The van der Waals surface area contributed by atoms with Gasteiger partial charge in [-0.2, -0.15) is 0 Å². The molecule has 19 heavy (non-hydrogen) atoms. The van der Waals surface area contributed by atoms with Gasteiger partial charge in [0.1, 0.15) is 11.0 Å². The van der Waals surface area contributed by atoms with E-state index in [1.165, 1.54) is 12.5 Å². The second-order valence-corrected chi connectivity index (χ2v) is 7.10. The number of nitrogens with zero attached hydrogens (tertiary/aromatic N) is 1. The van der Waals surface area contributed by atoms with E-state index >= 15 is 0 Å². The molecule has 5 nitrogen and oxygen atoms in total. The van der Waals surface area contributed by atoms with Crippen molar-refractivity contribution in [1.29, 1.82) is 0 Å².